The second-order valence-electron chi connectivity index (χ2n) is 5.44. The van der Waals surface area contributed by atoms with Crippen molar-refractivity contribution in [3.05, 3.63) is 58.6 Å². The fourth-order valence-electron chi connectivity index (χ4n) is 2.43. The molecule has 0 saturated carbocycles. The second kappa shape index (κ2) is 8.20. The van der Waals surface area contributed by atoms with E-state index in [0.717, 1.165) is 6.07 Å². The second-order valence-corrected chi connectivity index (χ2v) is 6.79. The van der Waals surface area contributed by atoms with E-state index in [1.807, 2.05) is 0 Å². The topological polar surface area (TPSA) is 171 Å². The number of azo groups is 1. The summed E-state index contributed by atoms with van der Waals surface area (Å²) in [4.78, 5) is 9.27. The Morgan fingerprint density at radius 1 is 1.04 bits per heavy atom. The first kappa shape index (κ1) is 21.7. The Hall–Kier alpha value is -2.57. The Bertz CT molecular complexity index is 1200. The zero-order chi connectivity index (χ0) is 19.8. The molecule has 0 fully saturated rings. The maximum atomic E-state index is 11.6. The van der Waals surface area contributed by atoms with Crippen LogP contribution in [0.4, 0.5) is 22.7 Å². The van der Waals surface area contributed by atoms with Crippen LogP contribution >= 0.6 is 0 Å². The maximum absolute atomic E-state index is 11.6. The Morgan fingerprint density at radius 2 is 1.68 bits per heavy atom. The van der Waals surface area contributed by atoms with Gasteiger partial charge in [0.2, 0.25) is 0 Å². The number of hydrogen-bond donors (Lipinski definition) is 2. The van der Waals surface area contributed by atoms with Gasteiger partial charge in [-0.3, -0.25) is 10.1 Å². The Morgan fingerprint density at radius 3 is 2.25 bits per heavy atom. The summed E-state index contributed by atoms with van der Waals surface area (Å²) in [6.45, 7) is 0. The molecule has 3 rings (SSSR count). The van der Waals surface area contributed by atoms with Crippen LogP contribution in [0.3, 0.4) is 0 Å². The molecule has 28 heavy (non-hydrogen) atoms. The van der Waals surface area contributed by atoms with E-state index in [2.05, 4.69) is 10.2 Å². The first-order valence-electron chi connectivity index (χ1n) is 7.35. The summed E-state index contributed by atoms with van der Waals surface area (Å²) >= 11 is 0. The molecule has 0 radical (unpaired) electrons. The zero-order valence-corrected chi connectivity index (χ0v) is 17.3. The van der Waals surface area contributed by atoms with Crippen LogP contribution < -0.4 is 35.3 Å². The zero-order valence-electron chi connectivity index (χ0n) is 14.4. The van der Waals surface area contributed by atoms with Crippen molar-refractivity contribution in [2.45, 2.75) is 4.90 Å². The van der Waals surface area contributed by atoms with Gasteiger partial charge in [-0.15, -0.1) is 5.11 Å². The molecule has 0 spiro atoms. The molecule has 138 valence electrons. The number of benzene rings is 3. The number of nitrogens with two attached hydrogens (primary N) is 1. The van der Waals surface area contributed by atoms with Crippen LogP contribution in [0, 0.1) is 10.1 Å². The van der Waals surface area contributed by atoms with E-state index in [0.29, 0.717) is 0 Å². The number of rotatable bonds is 4. The van der Waals surface area contributed by atoms with Gasteiger partial charge in [0.25, 0.3) is 5.69 Å². The number of nitrogen functional groups attached to an aromatic ring is 1. The Kier molecular flexibility index (Phi) is 6.37. The molecule has 10 nitrogen and oxygen atoms in total. The number of anilines is 1. The molecule has 0 atom stereocenters. The van der Waals surface area contributed by atoms with Crippen molar-refractivity contribution in [3.8, 4) is 5.75 Å². The fraction of sp³-hybridized carbons (Fsp3) is 0. The molecule has 3 N–H and O–H groups in total. The minimum Gasteiger partial charge on any atom is -0.744 e. The number of phenols is 1. The minimum atomic E-state index is -5.00. The molecule has 0 amide bonds. The van der Waals surface area contributed by atoms with E-state index in [4.69, 9.17) is 5.73 Å². The van der Waals surface area contributed by atoms with Crippen LogP contribution in [0.1, 0.15) is 0 Å². The third-order valence-electron chi connectivity index (χ3n) is 3.72. The number of nitrogens with zero attached hydrogens (tertiary/aromatic N) is 3. The van der Waals surface area contributed by atoms with Crippen LogP contribution in [-0.4, -0.2) is 23.0 Å². The van der Waals surface area contributed by atoms with Crippen LogP contribution in [0.25, 0.3) is 10.8 Å². The number of nitro groups is 1. The summed E-state index contributed by atoms with van der Waals surface area (Å²) in [6.07, 6.45) is 0. The summed E-state index contributed by atoms with van der Waals surface area (Å²) in [7, 11) is -5.00. The smallest absolute Gasteiger partial charge is 0.744 e. The summed E-state index contributed by atoms with van der Waals surface area (Å²) in [6, 6.07) is 10.5. The summed E-state index contributed by atoms with van der Waals surface area (Å²) in [5, 5.41) is 28.9. The summed E-state index contributed by atoms with van der Waals surface area (Å²) < 4.78 is 34.8. The molecule has 0 heterocycles. The van der Waals surface area contributed by atoms with Gasteiger partial charge in [0.15, 0.2) is 5.75 Å². The normalized spacial score (nSPS) is 11.5. The number of fused-ring (bicyclic) bond motifs is 1. The Balaban J connectivity index is 0.00000280. The first-order chi connectivity index (χ1) is 12.7. The number of non-ortho nitro benzene ring substituents is 1. The molecule has 3 aromatic carbocycles. The minimum absolute atomic E-state index is 0. The molecule has 0 bridgehead atoms. The van der Waals surface area contributed by atoms with E-state index in [9.17, 15) is 28.2 Å². The number of hydrogen-bond acceptors (Lipinski definition) is 9. The molecule has 0 unspecified atom stereocenters. The van der Waals surface area contributed by atoms with Crippen molar-refractivity contribution in [3.63, 3.8) is 0 Å². The summed E-state index contributed by atoms with van der Waals surface area (Å²) in [5.74, 6) is -0.570. The monoisotopic (exact) mass is 410 g/mol. The van der Waals surface area contributed by atoms with Gasteiger partial charge in [0.1, 0.15) is 15.8 Å². The van der Waals surface area contributed by atoms with Gasteiger partial charge < -0.3 is 15.4 Å². The third kappa shape index (κ3) is 4.29. The molecule has 0 aliphatic rings. The summed E-state index contributed by atoms with van der Waals surface area (Å²) in [5.41, 5.74) is 5.39. The van der Waals surface area contributed by atoms with E-state index in [1.165, 1.54) is 36.4 Å². The average Bonchev–Trinajstić information content (AvgIpc) is 2.61. The molecular weight excluding hydrogens is 399 g/mol. The van der Waals surface area contributed by atoms with E-state index in [-0.39, 0.29) is 57.4 Å². The van der Waals surface area contributed by atoms with Gasteiger partial charge in [0.05, 0.1) is 15.5 Å². The van der Waals surface area contributed by atoms with Crippen molar-refractivity contribution >= 4 is 43.6 Å². The number of nitro benzene ring substituents is 1. The van der Waals surface area contributed by atoms with Gasteiger partial charge in [-0.05, 0) is 24.3 Å². The van der Waals surface area contributed by atoms with Crippen molar-refractivity contribution in [1.29, 1.82) is 0 Å². The largest absolute Gasteiger partial charge is 1.00 e. The molecule has 0 saturated heterocycles. The van der Waals surface area contributed by atoms with Crippen molar-refractivity contribution in [1.82, 2.24) is 0 Å². The van der Waals surface area contributed by atoms with Crippen molar-refractivity contribution in [2.24, 2.45) is 10.2 Å². The van der Waals surface area contributed by atoms with Crippen LogP contribution in [-0.2, 0) is 10.1 Å². The van der Waals surface area contributed by atoms with Crippen LogP contribution in [0.2, 0.25) is 0 Å². The Labute approximate surface area is 180 Å². The molecule has 0 aliphatic heterocycles. The fourth-order valence-corrected chi connectivity index (χ4v) is 3.07. The quantitative estimate of drug-likeness (QED) is 0.156. The molecule has 0 aliphatic carbocycles. The average molecular weight is 410 g/mol. The van der Waals surface area contributed by atoms with Gasteiger partial charge in [-0.25, -0.2) is 8.42 Å². The van der Waals surface area contributed by atoms with E-state index < -0.39 is 31.4 Å². The predicted molar refractivity (Wildman–Crippen MR) is 95.3 cm³/mol. The SMILES string of the molecule is Nc1cccc2c(O)c(N=Nc3ccc([N+](=O)[O-])cc3)c(S(=O)(=O)[O-])cc12.[Na+]. The molecular formula is C16H11N4NaO6S. The third-order valence-corrected chi connectivity index (χ3v) is 4.57. The maximum Gasteiger partial charge on any atom is 1.00 e. The molecule has 0 aromatic heterocycles. The van der Waals surface area contributed by atoms with Gasteiger partial charge in [-0.1, -0.05) is 12.1 Å². The van der Waals surface area contributed by atoms with E-state index >= 15 is 0 Å². The molecule has 3 aromatic rings. The van der Waals surface area contributed by atoms with Gasteiger partial charge in [-0.2, -0.15) is 5.11 Å². The number of aromatic hydroxyl groups is 1. The van der Waals surface area contributed by atoms with Gasteiger partial charge >= 0.3 is 29.6 Å². The molecule has 12 heteroatoms. The first-order valence-corrected chi connectivity index (χ1v) is 8.75. The standard InChI is InChI=1S/C16H12N4O6S.Na/c17-13-3-1-2-11-12(13)8-14(27(24,25)26)15(16(11)21)19-18-9-4-6-10(7-5-9)20(22)23;/h1-8,21H,17H2,(H,24,25,26);/q;+1/p-1. The van der Waals surface area contributed by atoms with Crippen molar-refractivity contribution < 1.29 is 52.6 Å². The van der Waals surface area contributed by atoms with Crippen molar-refractivity contribution in [2.75, 3.05) is 5.73 Å². The number of phenolic OH excluding ortho intramolecular Hbond substituents is 1. The van der Waals surface area contributed by atoms with E-state index in [1.54, 1.807) is 6.07 Å². The van der Waals surface area contributed by atoms with Gasteiger partial charge in [0, 0.05) is 28.6 Å². The van der Waals surface area contributed by atoms with Crippen LogP contribution in [0.5, 0.6) is 5.75 Å². The predicted octanol–water partition coefficient (Wildman–Crippen LogP) is 0.359. The van der Waals surface area contributed by atoms with Crippen LogP contribution in [0.15, 0.2) is 63.7 Å².